The minimum Gasteiger partial charge on any atom is -0.507 e. The number of carbonyl (C=O) groups is 1. The van der Waals surface area contributed by atoms with Crippen LogP contribution >= 0.6 is 0 Å². The van der Waals surface area contributed by atoms with E-state index in [1.165, 1.54) is 6.07 Å². The predicted molar refractivity (Wildman–Crippen MR) is 105 cm³/mol. The van der Waals surface area contributed by atoms with Gasteiger partial charge in [-0.15, -0.1) is 0 Å². The number of rotatable bonds is 4. The zero-order chi connectivity index (χ0) is 18.8. The maximum absolute atomic E-state index is 12.6. The molecular weight excluding hydrogens is 340 g/mol. The van der Waals surface area contributed by atoms with E-state index in [1.807, 2.05) is 6.07 Å². The fourth-order valence-electron chi connectivity index (χ4n) is 3.51. The highest BCUT2D eigenvalue weighted by atomic mass is 16.3. The minimum atomic E-state index is -0.226. The van der Waals surface area contributed by atoms with E-state index in [0.717, 1.165) is 25.7 Å². The van der Waals surface area contributed by atoms with Crippen LogP contribution in [0.15, 0.2) is 48.7 Å². The van der Waals surface area contributed by atoms with Crippen molar-refractivity contribution in [1.29, 1.82) is 0 Å². The van der Waals surface area contributed by atoms with Crippen molar-refractivity contribution in [1.82, 2.24) is 9.97 Å². The molecule has 0 atom stereocenters. The Balaban J connectivity index is 1.59. The third-order valence-electron chi connectivity index (χ3n) is 5.08. The summed E-state index contributed by atoms with van der Waals surface area (Å²) in [6, 6.07) is 12.7. The van der Waals surface area contributed by atoms with Crippen molar-refractivity contribution in [2.75, 3.05) is 5.32 Å². The summed E-state index contributed by atoms with van der Waals surface area (Å²) in [6.07, 6.45) is 5.67. The molecule has 2 aromatic carbocycles. The van der Waals surface area contributed by atoms with Crippen LogP contribution in [-0.2, 0) is 0 Å². The fraction of sp³-hybridized carbons (Fsp3) is 0.286. The van der Waals surface area contributed by atoms with Crippen LogP contribution in [0, 0.1) is 0 Å². The van der Waals surface area contributed by atoms with Gasteiger partial charge >= 0.3 is 0 Å². The number of aromatic hydroxyl groups is 1. The molecule has 0 radical (unpaired) electrons. The van der Waals surface area contributed by atoms with Gasteiger partial charge in [0, 0.05) is 35.3 Å². The first-order valence-electron chi connectivity index (χ1n) is 9.22. The number of benzene rings is 2. The molecular formula is C21H22N4O2. The van der Waals surface area contributed by atoms with Crippen LogP contribution < -0.4 is 11.1 Å². The average molecular weight is 362 g/mol. The van der Waals surface area contributed by atoms with E-state index in [0.29, 0.717) is 28.5 Å². The number of aromatic nitrogens is 2. The monoisotopic (exact) mass is 362 g/mol. The summed E-state index contributed by atoms with van der Waals surface area (Å²) in [6.45, 7) is 0. The Bertz CT molecular complexity index is 967. The largest absolute Gasteiger partial charge is 0.507 e. The number of nitrogens with zero attached hydrogens (tertiary/aromatic N) is 2. The number of hydrogen-bond acceptors (Lipinski definition) is 6. The van der Waals surface area contributed by atoms with Crippen LogP contribution in [0.3, 0.4) is 0 Å². The number of nitrogens with one attached hydrogen (secondary N) is 1. The lowest BCUT2D eigenvalue weighted by atomic mass is 9.92. The molecule has 0 unspecified atom stereocenters. The van der Waals surface area contributed by atoms with Crippen LogP contribution in [0.25, 0.3) is 10.9 Å². The first-order valence-corrected chi connectivity index (χ1v) is 9.22. The van der Waals surface area contributed by atoms with E-state index in [9.17, 15) is 9.90 Å². The average Bonchev–Trinajstić information content (AvgIpc) is 2.69. The Hall–Kier alpha value is -2.99. The van der Waals surface area contributed by atoms with Gasteiger partial charge in [-0.25, -0.2) is 9.97 Å². The molecule has 1 saturated carbocycles. The number of ketones is 1. The van der Waals surface area contributed by atoms with Gasteiger partial charge in [0.05, 0.1) is 11.1 Å². The van der Waals surface area contributed by atoms with E-state index in [4.69, 9.17) is 5.73 Å². The Kier molecular flexibility index (Phi) is 4.73. The zero-order valence-electron chi connectivity index (χ0n) is 14.9. The number of hydrogen-bond donors (Lipinski definition) is 3. The molecule has 0 spiro atoms. The Morgan fingerprint density at radius 2 is 1.85 bits per heavy atom. The summed E-state index contributed by atoms with van der Waals surface area (Å²) < 4.78 is 0. The SMILES string of the molecule is NC1CCC(Nc2ncc3cc(C(=O)c4ccccc4)c(O)cc3n2)CC1. The summed E-state index contributed by atoms with van der Waals surface area (Å²) in [7, 11) is 0. The van der Waals surface area contributed by atoms with Gasteiger partial charge in [-0.05, 0) is 31.7 Å². The van der Waals surface area contributed by atoms with Crippen molar-refractivity contribution in [3.05, 3.63) is 59.8 Å². The van der Waals surface area contributed by atoms with Gasteiger partial charge in [-0.2, -0.15) is 0 Å². The molecule has 138 valence electrons. The van der Waals surface area contributed by atoms with E-state index in [1.54, 1.807) is 36.5 Å². The minimum absolute atomic E-state index is 0.0790. The molecule has 0 bridgehead atoms. The number of fused-ring (bicyclic) bond motifs is 1. The summed E-state index contributed by atoms with van der Waals surface area (Å²) >= 11 is 0. The van der Waals surface area contributed by atoms with Crippen LogP contribution in [-0.4, -0.2) is 32.9 Å². The molecule has 0 aliphatic heterocycles. The maximum Gasteiger partial charge on any atom is 0.223 e. The zero-order valence-corrected chi connectivity index (χ0v) is 14.9. The van der Waals surface area contributed by atoms with Gasteiger partial charge in [0.25, 0.3) is 0 Å². The molecule has 1 heterocycles. The third kappa shape index (κ3) is 3.75. The molecule has 0 amide bonds. The summed E-state index contributed by atoms with van der Waals surface area (Å²) in [5, 5.41) is 14.4. The van der Waals surface area contributed by atoms with Gasteiger partial charge in [0.1, 0.15) is 5.75 Å². The fourth-order valence-corrected chi connectivity index (χ4v) is 3.51. The van der Waals surface area contributed by atoms with E-state index in [2.05, 4.69) is 15.3 Å². The molecule has 6 nitrogen and oxygen atoms in total. The van der Waals surface area contributed by atoms with E-state index >= 15 is 0 Å². The lowest BCUT2D eigenvalue weighted by Gasteiger charge is -2.26. The van der Waals surface area contributed by atoms with Crippen LogP contribution in [0.2, 0.25) is 0 Å². The van der Waals surface area contributed by atoms with Crippen molar-refractivity contribution >= 4 is 22.6 Å². The van der Waals surface area contributed by atoms with Gasteiger partial charge in [0.15, 0.2) is 5.78 Å². The molecule has 4 N–H and O–H groups in total. The van der Waals surface area contributed by atoms with Crippen molar-refractivity contribution in [3.8, 4) is 5.75 Å². The maximum atomic E-state index is 12.6. The van der Waals surface area contributed by atoms with Gasteiger partial charge in [-0.1, -0.05) is 30.3 Å². The molecule has 3 aromatic rings. The summed E-state index contributed by atoms with van der Waals surface area (Å²) in [4.78, 5) is 21.5. The summed E-state index contributed by atoms with van der Waals surface area (Å²) in [5.41, 5.74) is 7.33. The van der Waals surface area contributed by atoms with Gasteiger partial charge < -0.3 is 16.2 Å². The number of nitrogens with two attached hydrogens (primary N) is 1. The lowest BCUT2D eigenvalue weighted by molar-refractivity contribution is 0.103. The highest BCUT2D eigenvalue weighted by Gasteiger charge is 2.20. The topological polar surface area (TPSA) is 101 Å². The molecule has 4 rings (SSSR count). The molecule has 1 aliphatic rings. The normalized spacial score (nSPS) is 19.7. The first kappa shape index (κ1) is 17.4. The van der Waals surface area contributed by atoms with Crippen molar-refractivity contribution in [2.45, 2.75) is 37.8 Å². The van der Waals surface area contributed by atoms with E-state index < -0.39 is 0 Å². The molecule has 27 heavy (non-hydrogen) atoms. The molecule has 1 aliphatic carbocycles. The van der Waals surface area contributed by atoms with Gasteiger partial charge in [-0.3, -0.25) is 4.79 Å². The molecule has 1 aromatic heterocycles. The second kappa shape index (κ2) is 7.32. The Morgan fingerprint density at radius 3 is 2.59 bits per heavy atom. The number of phenols is 1. The number of phenolic OH excluding ortho intramolecular Hbond substituents is 1. The highest BCUT2D eigenvalue weighted by molar-refractivity contribution is 6.12. The van der Waals surface area contributed by atoms with Crippen LogP contribution in [0.5, 0.6) is 5.75 Å². The van der Waals surface area contributed by atoms with Crippen molar-refractivity contribution < 1.29 is 9.90 Å². The van der Waals surface area contributed by atoms with Crippen molar-refractivity contribution in [3.63, 3.8) is 0 Å². The standard InChI is InChI=1S/C21H22N4O2/c22-15-6-8-16(9-7-15)24-21-23-12-14-10-17(19(26)11-18(14)25-21)20(27)13-4-2-1-3-5-13/h1-5,10-12,15-16,26H,6-9,22H2,(H,23,24,25). The Labute approximate surface area is 157 Å². The molecule has 1 fully saturated rings. The van der Waals surface area contributed by atoms with Gasteiger partial charge in [0.2, 0.25) is 5.95 Å². The Morgan fingerprint density at radius 1 is 1.11 bits per heavy atom. The molecule has 6 heteroatoms. The smallest absolute Gasteiger partial charge is 0.223 e. The number of anilines is 1. The second-order valence-electron chi connectivity index (χ2n) is 7.07. The second-order valence-corrected chi connectivity index (χ2v) is 7.07. The van der Waals surface area contributed by atoms with E-state index in [-0.39, 0.29) is 23.1 Å². The van der Waals surface area contributed by atoms with Crippen LogP contribution in [0.4, 0.5) is 5.95 Å². The first-order chi connectivity index (χ1) is 13.1. The predicted octanol–water partition coefficient (Wildman–Crippen LogP) is 3.25. The highest BCUT2D eigenvalue weighted by Crippen LogP contribution is 2.27. The third-order valence-corrected chi connectivity index (χ3v) is 5.08. The lowest BCUT2D eigenvalue weighted by Crippen LogP contribution is -2.33. The van der Waals surface area contributed by atoms with Crippen molar-refractivity contribution in [2.24, 2.45) is 5.73 Å². The summed E-state index contributed by atoms with van der Waals surface area (Å²) in [5.74, 6) is 0.227. The quantitative estimate of drug-likeness (QED) is 0.616. The van der Waals surface area contributed by atoms with Crippen LogP contribution in [0.1, 0.15) is 41.6 Å². The number of carbonyl (C=O) groups excluding carboxylic acids is 1. The molecule has 0 saturated heterocycles.